The van der Waals surface area contributed by atoms with Gasteiger partial charge < -0.3 is 11.1 Å². The maximum absolute atomic E-state index is 11.7. The molecule has 0 aliphatic carbocycles. The van der Waals surface area contributed by atoms with Gasteiger partial charge in [-0.2, -0.15) is 0 Å². The normalized spacial score (nSPS) is 9.94. The van der Waals surface area contributed by atoms with Gasteiger partial charge in [-0.1, -0.05) is 12.1 Å². The maximum atomic E-state index is 11.7. The molecule has 0 saturated carbocycles. The number of nitro groups is 1. The number of para-hydroxylation sites is 1. The Morgan fingerprint density at radius 2 is 2.06 bits per heavy atom. The van der Waals surface area contributed by atoms with E-state index in [4.69, 9.17) is 5.73 Å². The van der Waals surface area contributed by atoms with Crippen molar-refractivity contribution in [1.82, 2.24) is 5.32 Å². The molecule has 17 heavy (non-hydrogen) atoms. The molecule has 1 rings (SSSR count). The molecule has 0 fully saturated rings. The lowest BCUT2D eigenvalue weighted by atomic mass is 10.1. The number of amides is 1. The van der Waals surface area contributed by atoms with Crippen molar-refractivity contribution in [2.24, 2.45) is 5.73 Å². The Balaban J connectivity index is 2.65. The second kappa shape index (κ2) is 6.59. The minimum atomic E-state index is -0.561. The van der Waals surface area contributed by atoms with Crippen LogP contribution in [0.5, 0.6) is 0 Å². The first-order valence-corrected chi connectivity index (χ1v) is 5.38. The van der Waals surface area contributed by atoms with Gasteiger partial charge in [0.05, 0.1) is 4.92 Å². The predicted octanol–water partition coefficient (Wildman–Crippen LogP) is 1.06. The minimum Gasteiger partial charge on any atom is -0.352 e. The van der Waals surface area contributed by atoms with Crippen LogP contribution in [0, 0.1) is 10.1 Å². The van der Waals surface area contributed by atoms with Crippen LogP contribution in [0.4, 0.5) is 5.69 Å². The van der Waals surface area contributed by atoms with Gasteiger partial charge in [0.15, 0.2) is 0 Å². The summed E-state index contributed by atoms with van der Waals surface area (Å²) < 4.78 is 0. The van der Waals surface area contributed by atoms with Crippen molar-refractivity contribution < 1.29 is 9.72 Å². The molecule has 0 bridgehead atoms. The van der Waals surface area contributed by atoms with Gasteiger partial charge in [0, 0.05) is 12.6 Å². The fourth-order valence-electron chi connectivity index (χ4n) is 1.39. The summed E-state index contributed by atoms with van der Waals surface area (Å²) in [7, 11) is 0. The lowest BCUT2D eigenvalue weighted by Crippen LogP contribution is -2.25. The van der Waals surface area contributed by atoms with Gasteiger partial charge in [-0.05, 0) is 25.5 Å². The molecular weight excluding hydrogens is 222 g/mol. The lowest BCUT2D eigenvalue weighted by molar-refractivity contribution is -0.385. The first kappa shape index (κ1) is 13.1. The number of nitrogens with zero attached hydrogens (tertiary/aromatic N) is 1. The van der Waals surface area contributed by atoms with Crippen molar-refractivity contribution in [3.8, 4) is 0 Å². The number of nitrogens with one attached hydrogen (secondary N) is 1. The van der Waals surface area contributed by atoms with E-state index in [1.807, 2.05) is 0 Å². The number of benzene rings is 1. The van der Waals surface area contributed by atoms with E-state index < -0.39 is 10.8 Å². The zero-order chi connectivity index (χ0) is 12.7. The predicted molar refractivity (Wildman–Crippen MR) is 63.7 cm³/mol. The molecule has 1 aromatic rings. The van der Waals surface area contributed by atoms with Gasteiger partial charge in [0.25, 0.3) is 11.6 Å². The van der Waals surface area contributed by atoms with Crippen LogP contribution < -0.4 is 11.1 Å². The number of carbonyl (C=O) groups is 1. The maximum Gasteiger partial charge on any atom is 0.282 e. The van der Waals surface area contributed by atoms with Crippen LogP contribution in [-0.2, 0) is 0 Å². The van der Waals surface area contributed by atoms with Crippen LogP contribution in [0.2, 0.25) is 0 Å². The monoisotopic (exact) mass is 237 g/mol. The van der Waals surface area contributed by atoms with Crippen molar-refractivity contribution in [1.29, 1.82) is 0 Å². The molecular formula is C11H15N3O3. The number of carbonyl (C=O) groups excluding carboxylic acids is 1. The van der Waals surface area contributed by atoms with Crippen LogP contribution in [0.15, 0.2) is 24.3 Å². The highest BCUT2D eigenvalue weighted by Crippen LogP contribution is 2.17. The second-order valence-electron chi connectivity index (χ2n) is 3.53. The van der Waals surface area contributed by atoms with Crippen molar-refractivity contribution in [3.63, 3.8) is 0 Å². The molecule has 0 aromatic heterocycles. The number of nitro benzene ring substituents is 1. The Kier molecular flexibility index (Phi) is 5.09. The first-order valence-electron chi connectivity index (χ1n) is 5.38. The van der Waals surface area contributed by atoms with Crippen molar-refractivity contribution in [3.05, 3.63) is 39.9 Å². The molecule has 92 valence electrons. The summed E-state index contributed by atoms with van der Waals surface area (Å²) in [4.78, 5) is 21.8. The Hall–Kier alpha value is -1.95. The van der Waals surface area contributed by atoms with Gasteiger partial charge in [-0.25, -0.2) is 0 Å². The summed E-state index contributed by atoms with van der Waals surface area (Å²) in [5, 5.41) is 13.3. The van der Waals surface area contributed by atoms with Gasteiger partial charge >= 0.3 is 0 Å². The molecule has 0 spiro atoms. The molecule has 0 saturated heterocycles. The van der Waals surface area contributed by atoms with E-state index in [1.165, 1.54) is 18.2 Å². The smallest absolute Gasteiger partial charge is 0.282 e. The Morgan fingerprint density at radius 3 is 2.71 bits per heavy atom. The number of hydrogen-bond acceptors (Lipinski definition) is 4. The van der Waals surface area contributed by atoms with Crippen molar-refractivity contribution >= 4 is 11.6 Å². The summed E-state index contributed by atoms with van der Waals surface area (Å²) in [6.07, 6.45) is 1.58. The minimum absolute atomic E-state index is 0.0882. The van der Waals surface area contributed by atoms with Gasteiger partial charge in [-0.15, -0.1) is 0 Å². The summed E-state index contributed by atoms with van der Waals surface area (Å²) in [6.45, 7) is 1.05. The molecule has 0 unspecified atom stereocenters. The van der Waals surface area contributed by atoms with E-state index >= 15 is 0 Å². The third-order valence-electron chi connectivity index (χ3n) is 2.26. The zero-order valence-corrected chi connectivity index (χ0v) is 9.39. The molecule has 6 nitrogen and oxygen atoms in total. The van der Waals surface area contributed by atoms with Gasteiger partial charge in [0.2, 0.25) is 0 Å². The largest absolute Gasteiger partial charge is 0.352 e. The molecule has 0 aliphatic heterocycles. The number of rotatable bonds is 6. The topological polar surface area (TPSA) is 98.3 Å². The molecule has 0 atom stereocenters. The van der Waals surface area contributed by atoms with E-state index in [0.717, 1.165) is 12.8 Å². The fourth-order valence-corrected chi connectivity index (χ4v) is 1.39. The number of nitrogens with two attached hydrogens (primary N) is 1. The van der Waals surface area contributed by atoms with Crippen LogP contribution >= 0.6 is 0 Å². The van der Waals surface area contributed by atoms with E-state index in [-0.39, 0.29) is 11.3 Å². The summed E-state index contributed by atoms with van der Waals surface area (Å²) in [6, 6.07) is 5.89. The average molecular weight is 237 g/mol. The van der Waals surface area contributed by atoms with E-state index in [2.05, 4.69) is 5.32 Å². The highest BCUT2D eigenvalue weighted by Gasteiger charge is 2.18. The van der Waals surface area contributed by atoms with E-state index in [9.17, 15) is 14.9 Å². The number of hydrogen-bond donors (Lipinski definition) is 2. The van der Waals surface area contributed by atoms with Gasteiger partial charge in [-0.3, -0.25) is 14.9 Å². The number of unbranched alkanes of at least 4 members (excludes halogenated alkanes) is 1. The Labute approximate surface area is 99.0 Å². The lowest BCUT2D eigenvalue weighted by Gasteiger charge is -2.04. The zero-order valence-electron chi connectivity index (χ0n) is 9.39. The first-order chi connectivity index (χ1) is 8.16. The SMILES string of the molecule is NCCCCNC(=O)c1ccccc1[N+](=O)[O-]. The summed E-state index contributed by atoms with van der Waals surface area (Å²) in [5.74, 6) is -0.422. The standard InChI is InChI=1S/C11H15N3O3/c12-7-3-4-8-13-11(15)9-5-1-2-6-10(9)14(16)17/h1-2,5-6H,3-4,7-8,12H2,(H,13,15). The Morgan fingerprint density at radius 1 is 1.35 bits per heavy atom. The van der Waals surface area contributed by atoms with Crippen molar-refractivity contribution in [2.45, 2.75) is 12.8 Å². The molecule has 6 heteroatoms. The molecule has 3 N–H and O–H groups in total. The molecule has 0 aliphatic rings. The van der Waals surface area contributed by atoms with Crippen LogP contribution in [-0.4, -0.2) is 23.9 Å². The molecule has 1 amide bonds. The van der Waals surface area contributed by atoms with Crippen molar-refractivity contribution in [2.75, 3.05) is 13.1 Å². The molecule has 1 aromatic carbocycles. The van der Waals surface area contributed by atoms with E-state index in [0.29, 0.717) is 13.1 Å². The second-order valence-corrected chi connectivity index (χ2v) is 3.53. The van der Waals surface area contributed by atoms with Gasteiger partial charge in [0.1, 0.15) is 5.56 Å². The average Bonchev–Trinajstić information content (AvgIpc) is 2.34. The molecule has 0 radical (unpaired) electrons. The third kappa shape index (κ3) is 3.84. The summed E-state index contributed by atoms with van der Waals surface area (Å²) in [5.41, 5.74) is 5.23. The molecule has 0 heterocycles. The van der Waals surface area contributed by atoms with Crippen LogP contribution in [0.25, 0.3) is 0 Å². The van der Waals surface area contributed by atoms with E-state index in [1.54, 1.807) is 6.07 Å². The van der Waals surface area contributed by atoms with Crippen LogP contribution in [0.1, 0.15) is 23.2 Å². The van der Waals surface area contributed by atoms with Crippen LogP contribution in [0.3, 0.4) is 0 Å². The summed E-state index contributed by atoms with van der Waals surface area (Å²) >= 11 is 0. The Bertz CT molecular complexity index is 407. The third-order valence-corrected chi connectivity index (χ3v) is 2.26. The quantitative estimate of drug-likeness (QED) is 0.439. The fraction of sp³-hybridized carbons (Fsp3) is 0.364. The highest BCUT2D eigenvalue weighted by molar-refractivity contribution is 5.98. The highest BCUT2D eigenvalue weighted by atomic mass is 16.6.